The molecule has 0 radical (unpaired) electrons. The Bertz CT molecular complexity index is 748. The van der Waals surface area contributed by atoms with Gasteiger partial charge in [-0.15, -0.1) is 11.3 Å². The summed E-state index contributed by atoms with van der Waals surface area (Å²) in [7, 11) is 0. The number of carbonyl (C=O) groups excluding carboxylic acids is 1. The van der Waals surface area contributed by atoms with Gasteiger partial charge < -0.3 is 10.4 Å². The van der Waals surface area contributed by atoms with Crippen molar-refractivity contribution in [3.63, 3.8) is 0 Å². The molecule has 0 unspecified atom stereocenters. The van der Waals surface area contributed by atoms with Crippen LogP contribution in [0, 0.1) is 0 Å². The maximum absolute atomic E-state index is 12.4. The Kier molecular flexibility index (Phi) is 6.37. The zero-order valence-electron chi connectivity index (χ0n) is 12.5. The second-order valence-corrected chi connectivity index (χ2v) is 6.64. The Labute approximate surface area is 148 Å². The number of hydrogen-bond donors (Lipinski definition) is 2. The third-order valence-corrected chi connectivity index (χ3v) is 4.70. The molecule has 1 amide bonds. The molecule has 2 aromatic heterocycles. The molecule has 134 valence electrons. The average Bonchev–Trinajstić information content (AvgIpc) is 3.02. The first kappa shape index (κ1) is 19.2. The van der Waals surface area contributed by atoms with Gasteiger partial charge in [0.25, 0.3) is 0 Å². The van der Waals surface area contributed by atoms with Gasteiger partial charge in [0.15, 0.2) is 5.69 Å². The fourth-order valence-corrected chi connectivity index (χ4v) is 3.10. The van der Waals surface area contributed by atoms with Crippen molar-refractivity contribution in [2.75, 3.05) is 12.3 Å². The minimum absolute atomic E-state index is 0.0105. The summed E-state index contributed by atoms with van der Waals surface area (Å²) in [6.45, 7) is 0.284. The molecule has 0 aliphatic heterocycles. The molecule has 2 heterocycles. The molecule has 0 aromatic carbocycles. The van der Waals surface area contributed by atoms with Gasteiger partial charge in [0, 0.05) is 24.5 Å². The van der Waals surface area contributed by atoms with E-state index in [9.17, 15) is 22.8 Å². The molecule has 11 heteroatoms. The van der Waals surface area contributed by atoms with E-state index in [1.165, 1.54) is 22.8 Å². The zero-order valence-corrected chi connectivity index (χ0v) is 14.2. The summed E-state index contributed by atoms with van der Waals surface area (Å²) in [5.41, 5.74) is -0.874. The van der Waals surface area contributed by atoms with Gasteiger partial charge in [-0.1, -0.05) is 11.8 Å². The summed E-state index contributed by atoms with van der Waals surface area (Å²) in [6, 6.07) is 2.12. The van der Waals surface area contributed by atoms with E-state index in [4.69, 9.17) is 5.11 Å². The molecule has 2 aromatic rings. The number of rotatable bonds is 7. The molecular formula is C14H12F3N3O3S2. The summed E-state index contributed by atoms with van der Waals surface area (Å²) in [6.07, 6.45) is -3.32. The topological polar surface area (TPSA) is 92.2 Å². The van der Waals surface area contributed by atoms with Crippen LogP contribution < -0.4 is 5.32 Å². The summed E-state index contributed by atoms with van der Waals surface area (Å²) < 4.78 is 37.2. The number of halogens is 3. The number of thiazole rings is 1. The number of amides is 1. The highest BCUT2D eigenvalue weighted by Crippen LogP contribution is 2.29. The number of carboxylic acids is 1. The van der Waals surface area contributed by atoms with Crippen LogP contribution in [0.1, 0.15) is 21.1 Å². The first-order valence-electron chi connectivity index (χ1n) is 6.86. The molecule has 25 heavy (non-hydrogen) atoms. The lowest BCUT2D eigenvalue weighted by Crippen LogP contribution is -2.27. The van der Waals surface area contributed by atoms with Crippen molar-refractivity contribution < 1.29 is 27.9 Å². The zero-order chi connectivity index (χ0) is 18.4. The molecule has 6 nitrogen and oxygen atoms in total. The maximum atomic E-state index is 12.4. The van der Waals surface area contributed by atoms with E-state index in [0.717, 1.165) is 24.0 Å². The SMILES string of the molecule is O=C(CSc1ccc(C(F)(F)F)cn1)NCCc1nc(C(=O)O)cs1. The number of hydrogen-bond acceptors (Lipinski definition) is 6. The summed E-state index contributed by atoms with van der Waals surface area (Å²) in [5.74, 6) is -1.40. The van der Waals surface area contributed by atoms with Crippen LogP contribution in [0.5, 0.6) is 0 Å². The number of nitrogens with one attached hydrogen (secondary N) is 1. The lowest BCUT2D eigenvalue weighted by molar-refractivity contribution is -0.137. The Morgan fingerprint density at radius 2 is 2.08 bits per heavy atom. The molecule has 0 bridgehead atoms. The standard InChI is InChI=1S/C14H12F3N3O3S2/c15-14(16,17)8-1-2-11(19-5-8)25-7-10(21)18-4-3-12-20-9(6-24-12)13(22)23/h1-2,5-6H,3-4,7H2,(H,18,21)(H,22,23). The van der Waals surface area contributed by atoms with Crippen molar-refractivity contribution in [3.8, 4) is 0 Å². The third kappa shape index (κ3) is 6.02. The van der Waals surface area contributed by atoms with Crippen molar-refractivity contribution in [1.29, 1.82) is 0 Å². The van der Waals surface area contributed by atoms with E-state index < -0.39 is 17.7 Å². The van der Waals surface area contributed by atoms with Gasteiger partial charge in [-0.2, -0.15) is 13.2 Å². The van der Waals surface area contributed by atoms with Crippen molar-refractivity contribution in [3.05, 3.63) is 40.0 Å². The van der Waals surface area contributed by atoms with E-state index in [1.54, 1.807) is 0 Å². The lowest BCUT2D eigenvalue weighted by atomic mass is 10.3. The quantitative estimate of drug-likeness (QED) is 0.705. The molecule has 0 aliphatic rings. The summed E-state index contributed by atoms with van der Waals surface area (Å²) >= 11 is 2.21. The lowest BCUT2D eigenvalue weighted by Gasteiger charge is -2.07. The maximum Gasteiger partial charge on any atom is 0.417 e. The minimum atomic E-state index is -4.44. The predicted octanol–water partition coefficient (Wildman–Crippen LogP) is 2.71. The highest BCUT2D eigenvalue weighted by atomic mass is 32.2. The van der Waals surface area contributed by atoms with Crippen LogP contribution in [0.2, 0.25) is 0 Å². The van der Waals surface area contributed by atoms with Crippen molar-refractivity contribution in [2.24, 2.45) is 0 Å². The molecule has 0 fully saturated rings. The molecule has 0 saturated heterocycles. The van der Waals surface area contributed by atoms with E-state index in [2.05, 4.69) is 15.3 Å². The normalized spacial score (nSPS) is 11.3. The number of carbonyl (C=O) groups is 2. The number of pyridine rings is 1. The number of alkyl halides is 3. The van der Waals surface area contributed by atoms with E-state index in [1.807, 2.05) is 0 Å². The first-order valence-corrected chi connectivity index (χ1v) is 8.72. The summed E-state index contributed by atoms with van der Waals surface area (Å²) in [4.78, 5) is 29.9. The molecule has 0 atom stereocenters. The van der Waals surface area contributed by atoms with Gasteiger partial charge in [-0.3, -0.25) is 4.79 Å². The second kappa shape index (κ2) is 8.30. The van der Waals surface area contributed by atoms with Gasteiger partial charge in [-0.05, 0) is 12.1 Å². The van der Waals surface area contributed by atoms with E-state index in [-0.39, 0.29) is 23.9 Å². The van der Waals surface area contributed by atoms with Gasteiger partial charge >= 0.3 is 12.1 Å². The van der Waals surface area contributed by atoms with Crippen molar-refractivity contribution in [1.82, 2.24) is 15.3 Å². The highest BCUT2D eigenvalue weighted by molar-refractivity contribution is 7.99. The van der Waals surface area contributed by atoms with Crippen LogP contribution in [-0.4, -0.2) is 39.2 Å². The van der Waals surface area contributed by atoms with Crippen molar-refractivity contribution in [2.45, 2.75) is 17.6 Å². The van der Waals surface area contributed by atoms with Crippen LogP contribution in [0.15, 0.2) is 28.7 Å². The van der Waals surface area contributed by atoms with Crippen LogP contribution in [0.25, 0.3) is 0 Å². The predicted molar refractivity (Wildman–Crippen MR) is 85.8 cm³/mol. The second-order valence-electron chi connectivity index (χ2n) is 4.70. The van der Waals surface area contributed by atoms with E-state index >= 15 is 0 Å². The first-order chi connectivity index (χ1) is 11.8. The molecule has 2 rings (SSSR count). The fourth-order valence-electron chi connectivity index (χ4n) is 1.66. The van der Waals surface area contributed by atoms with Crippen LogP contribution in [0.3, 0.4) is 0 Å². The van der Waals surface area contributed by atoms with E-state index in [0.29, 0.717) is 16.5 Å². The number of aromatic carboxylic acids is 1. The van der Waals surface area contributed by atoms with Gasteiger partial charge in [0.05, 0.1) is 21.3 Å². The summed E-state index contributed by atoms with van der Waals surface area (Å²) in [5, 5.41) is 13.7. The Morgan fingerprint density at radius 1 is 1.32 bits per heavy atom. The van der Waals surface area contributed by atoms with Gasteiger partial charge in [-0.25, -0.2) is 14.8 Å². The Balaban J connectivity index is 1.72. The monoisotopic (exact) mass is 391 g/mol. The number of nitrogens with zero attached hydrogens (tertiary/aromatic N) is 2. The average molecular weight is 391 g/mol. The molecule has 0 aliphatic carbocycles. The highest BCUT2D eigenvalue weighted by Gasteiger charge is 2.30. The van der Waals surface area contributed by atoms with Crippen LogP contribution in [-0.2, 0) is 17.4 Å². The largest absolute Gasteiger partial charge is 0.476 e. The molecule has 0 saturated carbocycles. The van der Waals surface area contributed by atoms with Crippen LogP contribution in [0.4, 0.5) is 13.2 Å². The van der Waals surface area contributed by atoms with Crippen LogP contribution >= 0.6 is 23.1 Å². The third-order valence-electron chi connectivity index (χ3n) is 2.85. The molecule has 2 N–H and O–H groups in total. The van der Waals surface area contributed by atoms with Gasteiger partial charge in [0.2, 0.25) is 5.91 Å². The number of thioether (sulfide) groups is 1. The Morgan fingerprint density at radius 3 is 2.64 bits per heavy atom. The minimum Gasteiger partial charge on any atom is -0.476 e. The van der Waals surface area contributed by atoms with Gasteiger partial charge in [0.1, 0.15) is 0 Å². The molecule has 0 spiro atoms. The molecular weight excluding hydrogens is 379 g/mol. The number of carboxylic acid groups (broad SMARTS) is 1. The smallest absolute Gasteiger partial charge is 0.417 e. The Hall–Kier alpha value is -2.14. The fraction of sp³-hybridized carbons (Fsp3) is 0.286. The number of aromatic nitrogens is 2. The van der Waals surface area contributed by atoms with Crippen molar-refractivity contribution >= 4 is 35.0 Å².